The summed E-state index contributed by atoms with van der Waals surface area (Å²) in [6, 6.07) is 7.77. The molecule has 0 radical (unpaired) electrons. The van der Waals surface area contributed by atoms with Crippen molar-refractivity contribution in [1.29, 1.82) is 0 Å². The molecule has 1 fully saturated rings. The van der Waals surface area contributed by atoms with E-state index in [2.05, 4.69) is 20.1 Å². The summed E-state index contributed by atoms with van der Waals surface area (Å²) >= 11 is 0. The van der Waals surface area contributed by atoms with Gasteiger partial charge in [-0.2, -0.15) is 4.52 Å². The van der Waals surface area contributed by atoms with Gasteiger partial charge in [0.25, 0.3) is 0 Å². The lowest BCUT2D eigenvalue weighted by Crippen LogP contribution is -2.48. The summed E-state index contributed by atoms with van der Waals surface area (Å²) in [5.74, 6) is 1.60. The van der Waals surface area contributed by atoms with E-state index < -0.39 is 0 Å². The Balaban J connectivity index is 1.65. The van der Waals surface area contributed by atoms with E-state index >= 15 is 0 Å². The highest BCUT2D eigenvalue weighted by Gasteiger charge is 2.20. The number of carbonyl (C=O) groups is 1. The molecular formula is C17H19N7O. The second-order valence-electron chi connectivity index (χ2n) is 6.20. The van der Waals surface area contributed by atoms with E-state index in [1.165, 1.54) is 0 Å². The van der Waals surface area contributed by atoms with Gasteiger partial charge in [-0.15, -0.1) is 15.3 Å². The van der Waals surface area contributed by atoms with Crippen LogP contribution in [0.3, 0.4) is 0 Å². The fourth-order valence-corrected chi connectivity index (χ4v) is 2.96. The maximum absolute atomic E-state index is 11.5. The highest BCUT2D eigenvalue weighted by atomic mass is 16.2. The van der Waals surface area contributed by atoms with Gasteiger partial charge in [-0.25, -0.2) is 0 Å². The van der Waals surface area contributed by atoms with Crippen LogP contribution >= 0.6 is 0 Å². The van der Waals surface area contributed by atoms with Gasteiger partial charge < -0.3 is 9.80 Å². The third-order valence-electron chi connectivity index (χ3n) is 4.44. The third-order valence-corrected chi connectivity index (χ3v) is 4.44. The number of rotatable bonds is 2. The Morgan fingerprint density at radius 1 is 1.04 bits per heavy atom. The average Bonchev–Trinajstić information content (AvgIpc) is 3.05. The number of nitrogens with zero attached hydrogens (tertiary/aromatic N) is 7. The normalized spacial score (nSPS) is 15.0. The third kappa shape index (κ3) is 2.90. The lowest BCUT2D eigenvalue weighted by atomic mass is 10.2. The number of pyridine rings is 1. The molecule has 0 spiro atoms. The number of carbonyl (C=O) groups excluding carboxylic acids is 1. The Bertz CT molecular complexity index is 910. The van der Waals surface area contributed by atoms with Crippen LogP contribution in [-0.2, 0) is 4.79 Å². The number of amides is 1. The van der Waals surface area contributed by atoms with Crippen LogP contribution in [0.15, 0.2) is 30.5 Å². The van der Waals surface area contributed by atoms with Crippen molar-refractivity contribution in [2.75, 3.05) is 31.1 Å². The molecule has 0 bridgehead atoms. The van der Waals surface area contributed by atoms with Gasteiger partial charge in [-0.1, -0.05) is 6.07 Å². The maximum atomic E-state index is 11.5. The van der Waals surface area contributed by atoms with Gasteiger partial charge in [0.15, 0.2) is 5.65 Å². The Kier molecular flexibility index (Phi) is 3.79. The Labute approximate surface area is 145 Å². The average molecular weight is 337 g/mol. The predicted molar refractivity (Wildman–Crippen MR) is 93.2 cm³/mol. The molecule has 8 nitrogen and oxygen atoms in total. The van der Waals surface area contributed by atoms with Crippen molar-refractivity contribution in [3.8, 4) is 11.5 Å². The van der Waals surface area contributed by atoms with Crippen LogP contribution in [0.1, 0.15) is 12.5 Å². The number of aryl methyl sites for hydroxylation is 1. The van der Waals surface area contributed by atoms with Crippen molar-refractivity contribution in [3.05, 3.63) is 36.0 Å². The van der Waals surface area contributed by atoms with Crippen molar-refractivity contribution < 1.29 is 4.79 Å². The fourth-order valence-electron chi connectivity index (χ4n) is 2.96. The molecule has 0 atom stereocenters. The van der Waals surface area contributed by atoms with Crippen LogP contribution in [0.5, 0.6) is 0 Å². The van der Waals surface area contributed by atoms with Gasteiger partial charge in [-0.3, -0.25) is 9.78 Å². The number of fused-ring (bicyclic) bond motifs is 1. The molecule has 25 heavy (non-hydrogen) atoms. The molecule has 1 saturated heterocycles. The molecule has 0 aliphatic carbocycles. The molecule has 0 N–H and O–H groups in total. The number of hydrogen-bond donors (Lipinski definition) is 0. The van der Waals surface area contributed by atoms with E-state index in [0.29, 0.717) is 24.6 Å². The highest BCUT2D eigenvalue weighted by Crippen LogP contribution is 2.19. The highest BCUT2D eigenvalue weighted by molar-refractivity contribution is 5.73. The second kappa shape index (κ2) is 6.12. The van der Waals surface area contributed by atoms with Crippen molar-refractivity contribution in [3.63, 3.8) is 0 Å². The summed E-state index contributed by atoms with van der Waals surface area (Å²) < 4.78 is 1.73. The van der Waals surface area contributed by atoms with E-state index in [-0.39, 0.29) is 5.91 Å². The molecule has 3 aromatic rings. The number of aromatic nitrogens is 5. The van der Waals surface area contributed by atoms with Gasteiger partial charge >= 0.3 is 0 Å². The molecule has 0 saturated carbocycles. The summed E-state index contributed by atoms with van der Waals surface area (Å²) in [5.41, 5.74) is 2.52. The van der Waals surface area contributed by atoms with Crippen LogP contribution in [-0.4, -0.2) is 61.8 Å². The lowest BCUT2D eigenvalue weighted by Gasteiger charge is -2.34. The van der Waals surface area contributed by atoms with Crippen molar-refractivity contribution in [2.45, 2.75) is 13.8 Å². The van der Waals surface area contributed by atoms with E-state index in [4.69, 9.17) is 5.10 Å². The predicted octanol–water partition coefficient (Wildman–Crippen LogP) is 1.16. The standard InChI is InChI=1S/C17H19N7O/c1-12-3-4-14(18-11-12)17-20-19-15-5-6-16(21-24(15)17)23-9-7-22(8-10-23)13(2)25/h3-6,11H,7-10H2,1-2H3. The molecule has 0 unspecified atom stereocenters. The quantitative estimate of drug-likeness (QED) is 0.698. The number of hydrogen-bond acceptors (Lipinski definition) is 6. The Morgan fingerprint density at radius 2 is 1.84 bits per heavy atom. The van der Waals surface area contributed by atoms with Crippen LogP contribution in [0.25, 0.3) is 17.2 Å². The van der Waals surface area contributed by atoms with Gasteiger partial charge in [0.2, 0.25) is 11.7 Å². The Hall–Kier alpha value is -3.03. The first kappa shape index (κ1) is 15.5. The summed E-state index contributed by atoms with van der Waals surface area (Å²) in [5, 5.41) is 13.1. The Morgan fingerprint density at radius 3 is 2.52 bits per heavy atom. The second-order valence-corrected chi connectivity index (χ2v) is 6.20. The zero-order valence-corrected chi connectivity index (χ0v) is 14.3. The topological polar surface area (TPSA) is 79.5 Å². The zero-order valence-electron chi connectivity index (χ0n) is 14.3. The molecule has 4 heterocycles. The van der Waals surface area contributed by atoms with Crippen LogP contribution in [0.2, 0.25) is 0 Å². The molecule has 4 rings (SSSR count). The molecule has 0 aromatic carbocycles. The van der Waals surface area contributed by atoms with Crippen molar-refractivity contribution in [1.82, 2.24) is 29.7 Å². The minimum atomic E-state index is 0.120. The molecule has 1 amide bonds. The molecule has 1 aliphatic heterocycles. The SMILES string of the molecule is CC(=O)N1CCN(c2ccc3nnc(-c4ccc(C)cn4)n3n2)CC1. The largest absolute Gasteiger partial charge is 0.352 e. The summed E-state index contributed by atoms with van der Waals surface area (Å²) in [4.78, 5) is 19.9. The van der Waals surface area contributed by atoms with Crippen LogP contribution < -0.4 is 4.90 Å². The monoisotopic (exact) mass is 337 g/mol. The van der Waals surface area contributed by atoms with Crippen molar-refractivity contribution in [2.24, 2.45) is 0 Å². The van der Waals surface area contributed by atoms with Crippen LogP contribution in [0.4, 0.5) is 5.82 Å². The first-order valence-corrected chi connectivity index (χ1v) is 8.28. The minimum absolute atomic E-state index is 0.120. The van der Waals surface area contributed by atoms with Gasteiger partial charge in [0.05, 0.1) is 0 Å². The van der Waals surface area contributed by atoms with E-state index in [1.807, 2.05) is 36.1 Å². The summed E-state index contributed by atoms with van der Waals surface area (Å²) in [6.07, 6.45) is 1.81. The molecule has 8 heteroatoms. The smallest absolute Gasteiger partial charge is 0.219 e. The van der Waals surface area contributed by atoms with E-state index in [0.717, 1.165) is 30.2 Å². The summed E-state index contributed by atoms with van der Waals surface area (Å²) in [7, 11) is 0. The fraction of sp³-hybridized carbons (Fsp3) is 0.353. The molecule has 1 aliphatic rings. The molecule has 128 valence electrons. The minimum Gasteiger partial charge on any atom is -0.352 e. The number of piperazine rings is 1. The van der Waals surface area contributed by atoms with Gasteiger partial charge in [0, 0.05) is 39.3 Å². The summed E-state index contributed by atoms with van der Waals surface area (Å²) in [6.45, 7) is 6.55. The number of anilines is 1. The first-order chi connectivity index (χ1) is 12.1. The first-order valence-electron chi connectivity index (χ1n) is 8.28. The van der Waals surface area contributed by atoms with Crippen molar-refractivity contribution >= 4 is 17.4 Å². The van der Waals surface area contributed by atoms with Gasteiger partial charge in [-0.05, 0) is 30.7 Å². The lowest BCUT2D eigenvalue weighted by molar-refractivity contribution is -0.129. The molecular weight excluding hydrogens is 318 g/mol. The molecule has 3 aromatic heterocycles. The zero-order chi connectivity index (χ0) is 17.4. The van der Waals surface area contributed by atoms with E-state index in [9.17, 15) is 4.79 Å². The maximum Gasteiger partial charge on any atom is 0.219 e. The van der Waals surface area contributed by atoms with Crippen LogP contribution in [0, 0.1) is 6.92 Å². The van der Waals surface area contributed by atoms with Gasteiger partial charge in [0.1, 0.15) is 11.5 Å². The van der Waals surface area contributed by atoms with E-state index in [1.54, 1.807) is 17.6 Å².